The fourth-order valence-corrected chi connectivity index (χ4v) is 8.08. The lowest BCUT2D eigenvalue weighted by atomic mass is 9.91. The first-order chi connectivity index (χ1) is 26.7. The summed E-state index contributed by atoms with van der Waals surface area (Å²) in [6.07, 6.45) is 5.98. The van der Waals surface area contributed by atoms with Crippen LogP contribution in [0.4, 0.5) is 8.78 Å². The number of nitrogens with one attached hydrogen (secondary N) is 3. The smallest absolute Gasteiger partial charge is 0.329 e. The highest BCUT2D eigenvalue weighted by Gasteiger charge is 2.47. The maximum absolute atomic E-state index is 14.6. The highest BCUT2D eigenvalue weighted by atomic mass is 19.1. The van der Waals surface area contributed by atoms with Crippen LogP contribution in [-0.2, 0) is 44.7 Å². The molecular formula is C40H54F2N6O8. The van der Waals surface area contributed by atoms with E-state index in [1.165, 1.54) is 34.6 Å². The molecule has 0 bridgehead atoms. The summed E-state index contributed by atoms with van der Waals surface area (Å²) in [7, 11) is 0. The third kappa shape index (κ3) is 10.1. The van der Waals surface area contributed by atoms with Crippen molar-refractivity contribution in [3.05, 3.63) is 47.5 Å². The minimum Gasteiger partial charge on any atom is -0.458 e. The standard InChI is InChI=1S/C40H54F2N6O8/c1-5-6-7-8-13-33(49)44-29(21-26-19-27(41)22-28(42)20-26)35(50)45-34-25(4)56-40(55)31-12-10-16-47(31)37(52)24(3)43-36(51)32-18-23(2)14-17-48(32)38(53)30-11-9-15-46(30)39(34)54/h8,13,19-20,22-25,29-32,34H,5-7,9-12,14-18,21H2,1-4H3,(H,43,51)(H,44,49)(H,45,50)/b13-8+/t23-,24-,25-,29?,30-,31-,32-,34?/m0/s1. The fraction of sp³-hybridized carbons (Fsp3) is 0.625. The second-order valence-electron chi connectivity index (χ2n) is 15.5. The van der Waals surface area contributed by atoms with Crippen LogP contribution in [-0.4, -0.2) is 118 Å². The monoisotopic (exact) mass is 784 g/mol. The molecule has 2 unspecified atom stereocenters. The third-order valence-corrected chi connectivity index (χ3v) is 11.1. The summed E-state index contributed by atoms with van der Waals surface area (Å²) >= 11 is 0. The van der Waals surface area contributed by atoms with Gasteiger partial charge in [0.05, 0.1) is 0 Å². The number of unbranched alkanes of at least 4 members (excludes halogenated alkanes) is 2. The van der Waals surface area contributed by atoms with Gasteiger partial charge in [-0.05, 0) is 88.5 Å². The highest BCUT2D eigenvalue weighted by molar-refractivity contribution is 5.98. The Morgan fingerprint density at radius 2 is 1.52 bits per heavy atom. The van der Waals surface area contributed by atoms with E-state index in [2.05, 4.69) is 16.0 Å². The maximum atomic E-state index is 14.6. The van der Waals surface area contributed by atoms with Gasteiger partial charge < -0.3 is 35.4 Å². The molecule has 1 aromatic rings. The number of cyclic esters (lactones) is 1. The van der Waals surface area contributed by atoms with Gasteiger partial charge in [0.1, 0.15) is 54.0 Å². The molecule has 5 rings (SSSR count). The van der Waals surface area contributed by atoms with Crippen molar-refractivity contribution in [2.45, 2.75) is 134 Å². The molecule has 1 aromatic carbocycles. The molecule has 0 saturated carbocycles. The summed E-state index contributed by atoms with van der Waals surface area (Å²) in [6, 6.07) is -4.21. The number of piperidine rings is 1. The Bertz CT molecular complexity index is 1690. The van der Waals surface area contributed by atoms with Crippen molar-refractivity contribution in [1.82, 2.24) is 30.7 Å². The van der Waals surface area contributed by atoms with Crippen molar-refractivity contribution in [3.8, 4) is 0 Å². The van der Waals surface area contributed by atoms with Crippen LogP contribution in [0, 0.1) is 17.6 Å². The normalized spacial score (nSPS) is 28.4. The van der Waals surface area contributed by atoms with Crippen LogP contribution in [0.15, 0.2) is 30.4 Å². The lowest BCUT2D eigenvalue weighted by Crippen LogP contribution is -2.63. The molecule has 4 fully saturated rings. The zero-order valence-corrected chi connectivity index (χ0v) is 32.6. The number of hydrogen-bond donors (Lipinski definition) is 3. The van der Waals surface area contributed by atoms with Crippen molar-refractivity contribution >= 4 is 41.4 Å². The van der Waals surface area contributed by atoms with Gasteiger partial charge in [0, 0.05) is 32.1 Å². The van der Waals surface area contributed by atoms with Crippen molar-refractivity contribution < 1.29 is 47.1 Å². The molecule has 6 amide bonds. The Kier molecular flexibility index (Phi) is 14.2. The van der Waals surface area contributed by atoms with Crippen molar-refractivity contribution in [2.75, 3.05) is 19.6 Å². The summed E-state index contributed by atoms with van der Waals surface area (Å²) in [5.74, 6) is -6.24. The van der Waals surface area contributed by atoms with E-state index in [0.29, 0.717) is 38.2 Å². The summed E-state index contributed by atoms with van der Waals surface area (Å²) in [5.41, 5.74) is 0.0570. The highest BCUT2D eigenvalue weighted by Crippen LogP contribution is 2.29. The Morgan fingerprint density at radius 1 is 0.875 bits per heavy atom. The average molecular weight is 785 g/mol. The molecule has 14 nitrogen and oxygen atoms in total. The molecule has 56 heavy (non-hydrogen) atoms. The molecule has 0 spiro atoms. The van der Waals surface area contributed by atoms with E-state index in [1.54, 1.807) is 6.08 Å². The van der Waals surface area contributed by atoms with Crippen LogP contribution in [0.3, 0.4) is 0 Å². The number of carbonyl (C=O) groups excluding carboxylic acids is 7. The Hall–Kier alpha value is -4.89. The molecule has 4 aliphatic heterocycles. The van der Waals surface area contributed by atoms with E-state index in [1.807, 2.05) is 13.8 Å². The number of rotatable bonds is 9. The molecule has 0 radical (unpaired) electrons. The van der Waals surface area contributed by atoms with Gasteiger partial charge in [-0.1, -0.05) is 32.8 Å². The number of benzene rings is 1. The van der Waals surface area contributed by atoms with Crippen molar-refractivity contribution in [3.63, 3.8) is 0 Å². The lowest BCUT2D eigenvalue weighted by Gasteiger charge is -2.41. The molecule has 3 N–H and O–H groups in total. The summed E-state index contributed by atoms with van der Waals surface area (Å²) in [6.45, 7) is 7.53. The molecule has 8 atom stereocenters. The van der Waals surface area contributed by atoms with Crippen LogP contribution in [0.25, 0.3) is 0 Å². The van der Waals surface area contributed by atoms with E-state index in [4.69, 9.17) is 4.74 Å². The van der Waals surface area contributed by atoms with Gasteiger partial charge in [-0.2, -0.15) is 0 Å². The molecular weight excluding hydrogens is 730 g/mol. The van der Waals surface area contributed by atoms with Crippen LogP contribution in [0.1, 0.15) is 91.0 Å². The topological polar surface area (TPSA) is 175 Å². The van der Waals surface area contributed by atoms with Crippen LogP contribution in [0.2, 0.25) is 0 Å². The Morgan fingerprint density at radius 3 is 2.20 bits per heavy atom. The first-order valence-corrected chi connectivity index (χ1v) is 19.8. The largest absolute Gasteiger partial charge is 0.458 e. The first-order valence-electron chi connectivity index (χ1n) is 19.8. The lowest BCUT2D eigenvalue weighted by molar-refractivity contribution is -0.163. The van der Waals surface area contributed by atoms with Gasteiger partial charge in [-0.3, -0.25) is 28.8 Å². The predicted molar refractivity (Wildman–Crippen MR) is 199 cm³/mol. The molecule has 0 aliphatic carbocycles. The quantitative estimate of drug-likeness (QED) is 0.194. The van der Waals surface area contributed by atoms with E-state index < -0.39 is 95.4 Å². The summed E-state index contributed by atoms with van der Waals surface area (Å²) in [4.78, 5) is 101. The number of nitrogens with zero attached hydrogens (tertiary/aromatic N) is 3. The SMILES string of the molecule is CCCC/C=C/C(=O)NC(Cc1cc(F)cc(F)c1)C(=O)NC1C(=O)N2CCC[C@H]2C(=O)N2CC[C@H](C)C[C@H]2C(=O)N[C@@H](C)C(=O)N2CCC[C@H]2C(=O)O[C@H]1C. The summed E-state index contributed by atoms with van der Waals surface area (Å²) < 4.78 is 34.3. The molecule has 4 saturated heterocycles. The number of allylic oxidation sites excluding steroid dienone is 1. The second kappa shape index (κ2) is 18.8. The minimum atomic E-state index is -1.58. The number of carbonyl (C=O) groups is 7. The molecule has 4 aliphatic rings. The van der Waals surface area contributed by atoms with Gasteiger partial charge in [0.2, 0.25) is 35.4 Å². The maximum Gasteiger partial charge on any atom is 0.329 e. The van der Waals surface area contributed by atoms with Gasteiger partial charge in [0.25, 0.3) is 0 Å². The minimum absolute atomic E-state index is 0.0570. The number of hydrogen-bond acceptors (Lipinski definition) is 8. The number of halogens is 2. The first kappa shape index (κ1) is 42.3. The van der Waals surface area contributed by atoms with Crippen molar-refractivity contribution in [2.24, 2.45) is 5.92 Å². The van der Waals surface area contributed by atoms with Crippen LogP contribution >= 0.6 is 0 Å². The second-order valence-corrected chi connectivity index (χ2v) is 15.5. The third-order valence-electron chi connectivity index (χ3n) is 11.1. The van der Waals surface area contributed by atoms with Crippen LogP contribution < -0.4 is 16.0 Å². The van der Waals surface area contributed by atoms with Crippen molar-refractivity contribution in [1.29, 1.82) is 0 Å². The van der Waals surface area contributed by atoms with E-state index in [9.17, 15) is 42.3 Å². The number of esters is 1. The van der Waals surface area contributed by atoms with Gasteiger partial charge >= 0.3 is 5.97 Å². The number of fused-ring (bicyclic) bond motifs is 3. The van der Waals surface area contributed by atoms with E-state index in [0.717, 1.165) is 25.0 Å². The fourth-order valence-electron chi connectivity index (χ4n) is 8.08. The van der Waals surface area contributed by atoms with Gasteiger partial charge in [0.15, 0.2) is 0 Å². The molecule has 16 heteroatoms. The van der Waals surface area contributed by atoms with Gasteiger partial charge in [-0.15, -0.1) is 0 Å². The molecule has 0 aromatic heterocycles. The average Bonchev–Trinajstić information content (AvgIpc) is 3.85. The predicted octanol–water partition coefficient (Wildman–Crippen LogP) is 2.28. The molecule has 4 heterocycles. The molecule has 306 valence electrons. The summed E-state index contributed by atoms with van der Waals surface area (Å²) in [5, 5.41) is 7.99. The number of ether oxygens (including phenoxy) is 1. The van der Waals surface area contributed by atoms with Gasteiger partial charge in [-0.25, -0.2) is 13.6 Å². The van der Waals surface area contributed by atoms with E-state index >= 15 is 0 Å². The number of amides is 6. The van der Waals surface area contributed by atoms with Crippen LogP contribution in [0.5, 0.6) is 0 Å². The zero-order valence-electron chi connectivity index (χ0n) is 32.6. The Labute approximate surface area is 326 Å². The zero-order chi connectivity index (χ0) is 40.7. The van der Waals surface area contributed by atoms with E-state index in [-0.39, 0.29) is 50.4 Å². The Balaban J connectivity index is 1.50.